The van der Waals surface area contributed by atoms with Gasteiger partial charge in [-0.05, 0) is 30.0 Å². The fourth-order valence-electron chi connectivity index (χ4n) is 2.10. The van der Waals surface area contributed by atoms with E-state index in [2.05, 4.69) is 19.1 Å². The number of rotatable bonds is 3. The lowest BCUT2D eigenvalue weighted by Crippen LogP contribution is -2.00. The van der Waals surface area contributed by atoms with Gasteiger partial charge in [0.15, 0.2) is 5.78 Å². The standard InChI is InChI=1S/C17H14OS/c1-12-6-8-13(9-7-12)10-15(18)17-11-14-4-2-3-5-16(14)19-17/h2-9,11H,10H2,1H3. The maximum atomic E-state index is 12.3. The quantitative estimate of drug-likeness (QED) is 0.631. The monoisotopic (exact) mass is 266 g/mol. The second kappa shape index (κ2) is 4.98. The van der Waals surface area contributed by atoms with Crippen LogP contribution in [0.5, 0.6) is 0 Å². The number of thiophene rings is 1. The summed E-state index contributed by atoms with van der Waals surface area (Å²) < 4.78 is 1.18. The molecule has 0 amide bonds. The Morgan fingerprint density at radius 3 is 2.53 bits per heavy atom. The first-order chi connectivity index (χ1) is 9.22. The van der Waals surface area contributed by atoms with E-state index in [9.17, 15) is 4.79 Å². The average Bonchev–Trinajstić information content (AvgIpc) is 2.85. The van der Waals surface area contributed by atoms with Gasteiger partial charge in [-0.1, -0.05) is 48.0 Å². The van der Waals surface area contributed by atoms with E-state index < -0.39 is 0 Å². The zero-order valence-electron chi connectivity index (χ0n) is 10.7. The minimum absolute atomic E-state index is 0.199. The third-order valence-corrected chi connectivity index (χ3v) is 4.34. The van der Waals surface area contributed by atoms with E-state index in [0.717, 1.165) is 15.8 Å². The second-order valence-electron chi connectivity index (χ2n) is 4.73. The predicted molar refractivity (Wildman–Crippen MR) is 81.0 cm³/mol. The number of aryl methyl sites for hydroxylation is 1. The highest BCUT2D eigenvalue weighted by atomic mass is 32.1. The fourth-order valence-corrected chi connectivity index (χ4v) is 3.10. The number of carbonyl (C=O) groups excluding carboxylic acids is 1. The summed E-state index contributed by atoms with van der Waals surface area (Å²) in [6.45, 7) is 2.05. The Morgan fingerprint density at radius 2 is 1.79 bits per heavy atom. The molecular formula is C17H14OS. The predicted octanol–water partition coefficient (Wildman–Crippen LogP) is 4.64. The molecule has 3 aromatic rings. The Hall–Kier alpha value is -1.93. The molecule has 0 N–H and O–H groups in total. The highest BCUT2D eigenvalue weighted by Crippen LogP contribution is 2.26. The molecule has 0 aliphatic carbocycles. The Bertz CT molecular complexity index is 689. The molecule has 2 aromatic carbocycles. The second-order valence-corrected chi connectivity index (χ2v) is 5.82. The highest BCUT2D eigenvalue weighted by Gasteiger charge is 2.10. The maximum Gasteiger partial charge on any atom is 0.177 e. The van der Waals surface area contributed by atoms with Crippen LogP contribution in [0.25, 0.3) is 10.1 Å². The molecule has 0 aliphatic heterocycles. The van der Waals surface area contributed by atoms with Crippen molar-refractivity contribution in [1.82, 2.24) is 0 Å². The summed E-state index contributed by atoms with van der Waals surface area (Å²) in [7, 11) is 0. The van der Waals surface area contributed by atoms with Crippen LogP contribution in [-0.2, 0) is 6.42 Å². The molecule has 0 saturated heterocycles. The molecule has 0 aliphatic rings. The molecule has 0 unspecified atom stereocenters. The molecule has 0 radical (unpaired) electrons. The molecule has 0 atom stereocenters. The third-order valence-electron chi connectivity index (χ3n) is 3.19. The minimum atomic E-state index is 0.199. The van der Waals surface area contributed by atoms with Crippen LogP contribution >= 0.6 is 11.3 Å². The number of ketones is 1. The van der Waals surface area contributed by atoms with Crippen LogP contribution in [0.2, 0.25) is 0 Å². The zero-order valence-corrected chi connectivity index (χ0v) is 11.5. The summed E-state index contributed by atoms with van der Waals surface area (Å²) in [5.41, 5.74) is 2.30. The molecule has 94 valence electrons. The Kier molecular flexibility index (Phi) is 3.18. The van der Waals surface area contributed by atoms with Crippen molar-refractivity contribution in [3.63, 3.8) is 0 Å². The number of fused-ring (bicyclic) bond motifs is 1. The van der Waals surface area contributed by atoms with Crippen molar-refractivity contribution < 1.29 is 4.79 Å². The minimum Gasteiger partial charge on any atom is -0.293 e. The molecule has 3 rings (SSSR count). The average molecular weight is 266 g/mol. The largest absolute Gasteiger partial charge is 0.293 e. The van der Waals surface area contributed by atoms with Gasteiger partial charge in [0.1, 0.15) is 0 Å². The van der Waals surface area contributed by atoms with Crippen molar-refractivity contribution in [1.29, 1.82) is 0 Å². The van der Waals surface area contributed by atoms with Gasteiger partial charge in [-0.2, -0.15) is 0 Å². The van der Waals surface area contributed by atoms with E-state index in [-0.39, 0.29) is 5.78 Å². The van der Waals surface area contributed by atoms with E-state index in [4.69, 9.17) is 0 Å². The van der Waals surface area contributed by atoms with Crippen LogP contribution in [0.1, 0.15) is 20.8 Å². The van der Waals surface area contributed by atoms with Crippen LogP contribution in [0, 0.1) is 6.92 Å². The number of carbonyl (C=O) groups is 1. The van der Waals surface area contributed by atoms with E-state index in [1.54, 1.807) is 11.3 Å². The zero-order chi connectivity index (χ0) is 13.2. The first-order valence-corrected chi connectivity index (χ1v) is 7.11. The summed E-state index contributed by atoms with van der Waals surface area (Å²) in [5, 5.41) is 1.15. The van der Waals surface area contributed by atoms with Crippen LogP contribution in [0.4, 0.5) is 0 Å². The molecule has 1 nitrogen and oxygen atoms in total. The van der Waals surface area contributed by atoms with Crippen LogP contribution in [0.3, 0.4) is 0 Å². The molecule has 1 aromatic heterocycles. The van der Waals surface area contributed by atoms with Gasteiger partial charge < -0.3 is 0 Å². The number of hydrogen-bond acceptors (Lipinski definition) is 2. The van der Waals surface area contributed by atoms with E-state index >= 15 is 0 Å². The topological polar surface area (TPSA) is 17.1 Å². The molecule has 0 fully saturated rings. The first-order valence-electron chi connectivity index (χ1n) is 6.30. The van der Waals surface area contributed by atoms with Crippen LogP contribution < -0.4 is 0 Å². The van der Waals surface area contributed by atoms with Crippen LogP contribution in [-0.4, -0.2) is 5.78 Å². The molecule has 0 saturated carbocycles. The lowest BCUT2D eigenvalue weighted by atomic mass is 10.1. The van der Waals surface area contributed by atoms with Gasteiger partial charge in [-0.15, -0.1) is 11.3 Å². The van der Waals surface area contributed by atoms with Gasteiger partial charge in [0.2, 0.25) is 0 Å². The van der Waals surface area contributed by atoms with E-state index in [1.807, 2.05) is 42.5 Å². The van der Waals surface area contributed by atoms with Crippen LogP contribution in [0.15, 0.2) is 54.6 Å². The number of benzene rings is 2. The van der Waals surface area contributed by atoms with E-state index in [1.165, 1.54) is 10.3 Å². The van der Waals surface area contributed by atoms with Gasteiger partial charge in [0.05, 0.1) is 4.88 Å². The van der Waals surface area contributed by atoms with Crippen molar-refractivity contribution in [2.75, 3.05) is 0 Å². The lowest BCUT2D eigenvalue weighted by Gasteiger charge is -1.99. The summed E-state index contributed by atoms with van der Waals surface area (Å²) in [6.07, 6.45) is 0.479. The molecular weight excluding hydrogens is 252 g/mol. The van der Waals surface area contributed by atoms with E-state index in [0.29, 0.717) is 6.42 Å². The highest BCUT2D eigenvalue weighted by molar-refractivity contribution is 7.20. The summed E-state index contributed by atoms with van der Waals surface area (Å²) >= 11 is 1.58. The van der Waals surface area contributed by atoms with Gasteiger partial charge >= 0.3 is 0 Å². The molecule has 0 bridgehead atoms. The summed E-state index contributed by atoms with van der Waals surface area (Å²) in [5.74, 6) is 0.199. The summed E-state index contributed by atoms with van der Waals surface area (Å²) in [6, 6.07) is 18.3. The van der Waals surface area contributed by atoms with Crippen molar-refractivity contribution in [2.45, 2.75) is 13.3 Å². The normalized spacial score (nSPS) is 10.8. The Labute approximate surface area is 116 Å². The fraction of sp³-hybridized carbons (Fsp3) is 0.118. The molecule has 2 heteroatoms. The van der Waals surface area contributed by atoms with Gasteiger partial charge in [0.25, 0.3) is 0 Å². The van der Waals surface area contributed by atoms with Crippen molar-refractivity contribution in [3.05, 3.63) is 70.6 Å². The smallest absolute Gasteiger partial charge is 0.177 e. The first kappa shape index (κ1) is 12.1. The Balaban J connectivity index is 1.85. The van der Waals surface area contributed by atoms with Gasteiger partial charge in [-0.3, -0.25) is 4.79 Å². The van der Waals surface area contributed by atoms with Gasteiger partial charge in [0, 0.05) is 11.1 Å². The Morgan fingerprint density at radius 1 is 1.05 bits per heavy atom. The third kappa shape index (κ3) is 2.59. The number of hydrogen-bond donors (Lipinski definition) is 0. The maximum absolute atomic E-state index is 12.3. The lowest BCUT2D eigenvalue weighted by molar-refractivity contribution is 0.0997. The molecule has 19 heavy (non-hydrogen) atoms. The molecule has 0 spiro atoms. The SMILES string of the molecule is Cc1ccc(CC(=O)c2cc3ccccc3s2)cc1. The number of Topliss-reactive ketones (excluding diaryl/α,β-unsaturated/α-hetero) is 1. The van der Waals surface area contributed by atoms with Crippen molar-refractivity contribution in [2.24, 2.45) is 0 Å². The van der Waals surface area contributed by atoms with Crippen molar-refractivity contribution >= 4 is 27.2 Å². The van der Waals surface area contributed by atoms with Gasteiger partial charge in [-0.25, -0.2) is 0 Å². The molecule has 1 heterocycles. The summed E-state index contributed by atoms with van der Waals surface area (Å²) in [4.78, 5) is 13.1. The van der Waals surface area contributed by atoms with Crippen molar-refractivity contribution in [3.8, 4) is 0 Å².